The molecule has 0 aromatic heterocycles. The van der Waals surface area contributed by atoms with Gasteiger partial charge in [0, 0.05) is 30.6 Å². The molecule has 2 aromatic carbocycles. The summed E-state index contributed by atoms with van der Waals surface area (Å²) in [5.41, 5.74) is 0.887. The Morgan fingerprint density at radius 3 is 2.25 bits per heavy atom. The van der Waals surface area contributed by atoms with Gasteiger partial charge in [0.05, 0.1) is 15.7 Å². The van der Waals surface area contributed by atoms with E-state index in [0.29, 0.717) is 26.3 Å². The van der Waals surface area contributed by atoms with Crippen LogP contribution in [0.3, 0.4) is 0 Å². The monoisotopic (exact) mass is 384 g/mol. The Bertz CT molecular complexity index is 745. The summed E-state index contributed by atoms with van der Waals surface area (Å²) in [5.74, 6) is -0.492. The van der Waals surface area contributed by atoms with Gasteiger partial charge in [-0.2, -0.15) is 0 Å². The Labute approximate surface area is 155 Å². The summed E-state index contributed by atoms with van der Waals surface area (Å²) in [6, 6.07) is 11.6. The molecule has 7 heteroatoms. The van der Waals surface area contributed by atoms with Crippen LogP contribution in [-0.2, 0) is 4.79 Å². The molecule has 0 saturated carbocycles. The molecule has 24 heavy (non-hydrogen) atoms. The van der Waals surface area contributed by atoms with Gasteiger partial charge in [0.15, 0.2) is 0 Å². The first-order valence-electron chi connectivity index (χ1n) is 7.16. The predicted octanol–water partition coefficient (Wildman–Crippen LogP) is 4.43. The number of nitrogens with one attached hydrogen (secondary N) is 1. The molecule has 0 radical (unpaired) electrons. The molecule has 0 aliphatic rings. The molecule has 0 bridgehead atoms. The van der Waals surface area contributed by atoms with Gasteiger partial charge in [0.25, 0.3) is 5.91 Å². The molecule has 0 atom stereocenters. The van der Waals surface area contributed by atoms with Crippen LogP contribution in [-0.4, -0.2) is 24.9 Å². The van der Waals surface area contributed by atoms with Crippen LogP contribution < -0.4 is 10.2 Å². The number of carbonyl (C=O) groups is 2. The van der Waals surface area contributed by atoms with Crippen LogP contribution in [0.5, 0.6) is 0 Å². The molecule has 4 nitrogen and oxygen atoms in total. The highest BCUT2D eigenvalue weighted by atomic mass is 35.5. The molecule has 2 amide bonds. The molecule has 126 valence electrons. The molecule has 0 spiro atoms. The van der Waals surface area contributed by atoms with E-state index in [2.05, 4.69) is 5.32 Å². The van der Waals surface area contributed by atoms with E-state index in [9.17, 15) is 9.59 Å². The molecule has 0 unspecified atom stereocenters. The number of hydrogen-bond donors (Lipinski definition) is 1. The van der Waals surface area contributed by atoms with E-state index in [-0.39, 0.29) is 24.9 Å². The first kappa shape index (κ1) is 18.6. The topological polar surface area (TPSA) is 49.4 Å². The second-order valence-corrected chi connectivity index (χ2v) is 6.26. The summed E-state index contributed by atoms with van der Waals surface area (Å²) in [5, 5.41) is 3.97. The SMILES string of the molecule is CC(=O)N(CCNC(=O)c1cccc(Cl)c1)c1c(Cl)cccc1Cl. The summed E-state index contributed by atoms with van der Waals surface area (Å²) in [4.78, 5) is 25.4. The maximum absolute atomic E-state index is 12.1. The van der Waals surface area contributed by atoms with E-state index in [1.807, 2.05) is 0 Å². The number of halogens is 3. The molecule has 0 fully saturated rings. The third-order valence-corrected chi connectivity index (χ3v) is 4.14. The molecule has 1 N–H and O–H groups in total. The number of carbonyl (C=O) groups excluding carboxylic acids is 2. The van der Waals surface area contributed by atoms with E-state index in [4.69, 9.17) is 34.8 Å². The third-order valence-electron chi connectivity index (χ3n) is 3.30. The molecular formula is C17H15Cl3N2O2. The van der Waals surface area contributed by atoms with Crippen molar-refractivity contribution >= 4 is 52.3 Å². The van der Waals surface area contributed by atoms with Crippen molar-refractivity contribution < 1.29 is 9.59 Å². The number of hydrogen-bond acceptors (Lipinski definition) is 2. The average Bonchev–Trinajstić information content (AvgIpc) is 2.52. The van der Waals surface area contributed by atoms with Gasteiger partial charge in [-0.3, -0.25) is 9.59 Å². The van der Waals surface area contributed by atoms with Crippen LogP contribution >= 0.6 is 34.8 Å². The lowest BCUT2D eigenvalue weighted by molar-refractivity contribution is -0.116. The van der Waals surface area contributed by atoms with Gasteiger partial charge in [0.1, 0.15) is 0 Å². The van der Waals surface area contributed by atoms with Crippen molar-refractivity contribution in [3.8, 4) is 0 Å². The Morgan fingerprint density at radius 2 is 1.67 bits per heavy atom. The van der Waals surface area contributed by atoms with E-state index >= 15 is 0 Å². The summed E-state index contributed by atoms with van der Waals surface area (Å²) in [6.07, 6.45) is 0. The Kier molecular flexibility index (Phi) is 6.49. The fourth-order valence-electron chi connectivity index (χ4n) is 2.19. The zero-order valence-corrected chi connectivity index (χ0v) is 15.1. The largest absolute Gasteiger partial charge is 0.350 e. The molecular weight excluding hydrogens is 371 g/mol. The highest BCUT2D eigenvalue weighted by Crippen LogP contribution is 2.33. The Morgan fingerprint density at radius 1 is 1.04 bits per heavy atom. The second-order valence-electron chi connectivity index (χ2n) is 5.01. The van der Waals surface area contributed by atoms with Gasteiger partial charge < -0.3 is 10.2 Å². The van der Waals surface area contributed by atoms with Crippen LogP contribution in [0.2, 0.25) is 15.1 Å². The lowest BCUT2D eigenvalue weighted by Gasteiger charge is -2.23. The number of nitrogens with zero attached hydrogens (tertiary/aromatic N) is 1. The lowest BCUT2D eigenvalue weighted by atomic mass is 10.2. The minimum Gasteiger partial charge on any atom is -0.350 e. The van der Waals surface area contributed by atoms with Crippen LogP contribution in [0.1, 0.15) is 17.3 Å². The standard InChI is InChI=1S/C17H15Cl3N2O2/c1-11(23)22(16-14(19)6-3-7-15(16)20)9-8-21-17(24)12-4-2-5-13(18)10-12/h2-7,10H,8-9H2,1H3,(H,21,24). The first-order valence-corrected chi connectivity index (χ1v) is 8.29. The van der Waals surface area contributed by atoms with E-state index in [1.54, 1.807) is 42.5 Å². The van der Waals surface area contributed by atoms with Crippen molar-refractivity contribution in [2.24, 2.45) is 0 Å². The maximum Gasteiger partial charge on any atom is 0.251 e. The van der Waals surface area contributed by atoms with Crippen molar-refractivity contribution in [3.63, 3.8) is 0 Å². The van der Waals surface area contributed by atoms with Crippen molar-refractivity contribution in [2.45, 2.75) is 6.92 Å². The van der Waals surface area contributed by atoms with Crippen molar-refractivity contribution in [3.05, 3.63) is 63.1 Å². The van der Waals surface area contributed by atoms with Gasteiger partial charge in [-0.1, -0.05) is 46.9 Å². The minimum atomic E-state index is -0.272. The number of anilines is 1. The molecule has 0 saturated heterocycles. The van der Waals surface area contributed by atoms with Gasteiger partial charge in [-0.05, 0) is 30.3 Å². The average molecular weight is 386 g/mol. The van der Waals surface area contributed by atoms with Gasteiger partial charge >= 0.3 is 0 Å². The van der Waals surface area contributed by atoms with Crippen molar-refractivity contribution in [1.29, 1.82) is 0 Å². The van der Waals surface area contributed by atoms with Gasteiger partial charge in [-0.15, -0.1) is 0 Å². The number of rotatable bonds is 5. The summed E-state index contributed by atoms with van der Waals surface area (Å²) in [6.45, 7) is 1.90. The van der Waals surface area contributed by atoms with Crippen LogP contribution in [0.25, 0.3) is 0 Å². The summed E-state index contributed by atoms with van der Waals surface area (Å²) < 4.78 is 0. The Hall–Kier alpha value is -1.75. The van der Waals surface area contributed by atoms with Crippen LogP contribution in [0.4, 0.5) is 5.69 Å². The molecule has 2 rings (SSSR count). The first-order chi connectivity index (χ1) is 11.4. The zero-order chi connectivity index (χ0) is 17.7. The minimum absolute atomic E-state index is 0.220. The van der Waals surface area contributed by atoms with Crippen molar-refractivity contribution in [2.75, 3.05) is 18.0 Å². The predicted molar refractivity (Wildman–Crippen MR) is 98.3 cm³/mol. The van der Waals surface area contributed by atoms with Crippen molar-refractivity contribution in [1.82, 2.24) is 5.32 Å². The summed E-state index contributed by atoms with van der Waals surface area (Å²) >= 11 is 18.2. The molecule has 0 aliphatic heterocycles. The zero-order valence-electron chi connectivity index (χ0n) is 12.9. The van der Waals surface area contributed by atoms with E-state index < -0.39 is 0 Å². The fourth-order valence-corrected chi connectivity index (χ4v) is 2.98. The van der Waals surface area contributed by atoms with Gasteiger partial charge in [-0.25, -0.2) is 0 Å². The van der Waals surface area contributed by atoms with E-state index in [1.165, 1.54) is 11.8 Å². The van der Waals surface area contributed by atoms with Crippen LogP contribution in [0.15, 0.2) is 42.5 Å². The van der Waals surface area contributed by atoms with Gasteiger partial charge in [0.2, 0.25) is 5.91 Å². The maximum atomic E-state index is 12.1. The van der Waals surface area contributed by atoms with E-state index in [0.717, 1.165) is 0 Å². The van der Waals surface area contributed by atoms with Crippen LogP contribution in [0, 0.1) is 0 Å². The molecule has 0 aliphatic carbocycles. The third kappa shape index (κ3) is 4.63. The number of para-hydroxylation sites is 1. The number of benzene rings is 2. The highest BCUT2D eigenvalue weighted by Gasteiger charge is 2.18. The number of amides is 2. The second kappa shape index (κ2) is 8.38. The molecule has 2 aromatic rings. The fraction of sp³-hybridized carbons (Fsp3) is 0.176. The lowest BCUT2D eigenvalue weighted by Crippen LogP contribution is -2.37. The highest BCUT2D eigenvalue weighted by molar-refractivity contribution is 6.39. The quantitative estimate of drug-likeness (QED) is 0.827. The molecule has 0 heterocycles. The summed E-state index contributed by atoms with van der Waals surface area (Å²) in [7, 11) is 0. The smallest absolute Gasteiger partial charge is 0.251 e. The normalized spacial score (nSPS) is 10.3. The Balaban J connectivity index is 2.05.